The predicted octanol–water partition coefficient (Wildman–Crippen LogP) is 9.01. The predicted molar refractivity (Wildman–Crippen MR) is 156 cm³/mol. The van der Waals surface area contributed by atoms with Gasteiger partial charge < -0.3 is 19.6 Å². The van der Waals surface area contributed by atoms with Crippen molar-refractivity contribution >= 4 is 39.0 Å². The molecule has 1 aromatic heterocycles. The van der Waals surface area contributed by atoms with Crippen LogP contribution >= 0.6 is 0 Å². The highest BCUT2D eigenvalue weighted by Crippen LogP contribution is 2.42. The molecule has 202 valence electrons. The number of benzene rings is 4. The monoisotopic (exact) mass is 535 g/mol. The van der Waals surface area contributed by atoms with Gasteiger partial charge in [0.05, 0.1) is 12.1 Å². The third kappa shape index (κ3) is 5.17. The number of H-pyrrole nitrogens is 1. The molecule has 0 fully saturated rings. The van der Waals surface area contributed by atoms with Gasteiger partial charge in [0.2, 0.25) is 5.88 Å². The van der Waals surface area contributed by atoms with Crippen molar-refractivity contribution in [2.45, 2.75) is 38.5 Å². The number of hydrogen-bond donors (Lipinski definition) is 2. The number of hydrogen-bond acceptors (Lipinski definition) is 3. The van der Waals surface area contributed by atoms with Crippen molar-refractivity contribution in [3.05, 3.63) is 107 Å². The lowest BCUT2D eigenvalue weighted by Gasteiger charge is -2.22. The van der Waals surface area contributed by atoms with E-state index in [2.05, 4.69) is 23.2 Å². The van der Waals surface area contributed by atoms with E-state index in [4.69, 9.17) is 9.47 Å². The van der Waals surface area contributed by atoms with Gasteiger partial charge in [-0.2, -0.15) is 0 Å². The number of rotatable bonds is 8. The van der Waals surface area contributed by atoms with Gasteiger partial charge in [0.25, 0.3) is 0 Å². The molecular weight excluding hydrogens is 505 g/mol. The molecule has 0 spiro atoms. The van der Waals surface area contributed by atoms with Crippen LogP contribution < -0.4 is 9.47 Å². The molecule has 0 unspecified atom stereocenters. The summed E-state index contributed by atoms with van der Waals surface area (Å²) in [5, 5.41) is 12.6. The average Bonchev–Trinajstić information content (AvgIpc) is 3.32. The number of ether oxygens (including phenoxy) is 2. The molecule has 5 nitrogen and oxygen atoms in total. The Morgan fingerprint density at radius 3 is 2.40 bits per heavy atom. The number of aromatic amines is 1. The molecule has 0 radical (unpaired) electrons. The average molecular weight is 536 g/mol. The number of halogens is 1. The maximum Gasteiger partial charge on any atom is 0.512 e. The van der Waals surface area contributed by atoms with Crippen molar-refractivity contribution in [3.8, 4) is 11.6 Å². The fraction of sp³-hybridized carbons (Fsp3) is 0.206. The first-order valence-corrected chi connectivity index (χ1v) is 13.7. The third-order valence-corrected chi connectivity index (χ3v) is 7.66. The van der Waals surface area contributed by atoms with Crippen LogP contribution in [0, 0.1) is 5.82 Å². The lowest BCUT2D eigenvalue weighted by molar-refractivity contribution is 0.142. The summed E-state index contributed by atoms with van der Waals surface area (Å²) in [6.45, 7) is 0.479. The summed E-state index contributed by atoms with van der Waals surface area (Å²) in [4.78, 5) is 14.9. The van der Waals surface area contributed by atoms with E-state index in [1.165, 1.54) is 23.3 Å². The number of allylic oxidation sites excluding steroid dienone is 2. The molecule has 5 aromatic rings. The summed E-state index contributed by atoms with van der Waals surface area (Å²) in [6.07, 6.45) is 3.86. The Morgan fingerprint density at radius 2 is 1.57 bits per heavy atom. The Kier molecular flexibility index (Phi) is 7.23. The van der Waals surface area contributed by atoms with Crippen molar-refractivity contribution in [2.24, 2.45) is 0 Å². The van der Waals surface area contributed by atoms with Crippen LogP contribution in [0.5, 0.6) is 11.6 Å². The molecule has 1 aliphatic rings. The molecule has 0 aliphatic heterocycles. The Bertz CT molecular complexity index is 1710. The summed E-state index contributed by atoms with van der Waals surface area (Å²) < 4.78 is 25.0. The number of fused-ring (bicyclic) bond motifs is 2. The zero-order valence-electron chi connectivity index (χ0n) is 22.1. The molecule has 6 rings (SSSR count). The molecule has 1 heterocycles. The summed E-state index contributed by atoms with van der Waals surface area (Å²) in [5.74, 6) is 0.830. The minimum atomic E-state index is -1.36. The molecule has 0 saturated heterocycles. The topological polar surface area (TPSA) is 71.5 Å². The fourth-order valence-electron chi connectivity index (χ4n) is 5.85. The smallest absolute Gasteiger partial charge is 0.493 e. The van der Waals surface area contributed by atoms with Gasteiger partial charge >= 0.3 is 6.16 Å². The molecule has 2 N–H and O–H groups in total. The summed E-state index contributed by atoms with van der Waals surface area (Å²) >= 11 is 0. The minimum absolute atomic E-state index is 0.250. The molecule has 40 heavy (non-hydrogen) atoms. The van der Waals surface area contributed by atoms with Crippen LogP contribution in [0.4, 0.5) is 9.18 Å². The van der Waals surface area contributed by atoms with Gasteiger partial charge in [-0.25, -0.2) is 9.18 Å². The second-order valence-electron chi connectivity index (χ2n) is 10.1. The Labute approximate surface area is 231 Å². The van der Waals surface area contributed by atoms with Crippen LogP contribution in [-0.2, 0) is 6.42 Å². The summed E-state index contributed by atoms with van der Waals surface area (Å²) in [6, 6.07) is 26.9. The van der Waals surface area contributed by atoms with Crippen LogP contribution in [0.25, 0.3) is 32.8 Å². The van der Waals surface area contributed by atoms with Gasteiger partial charge in [0.1, 0.15) is 11.6 Å². The first-order valence-electron chi connectivity index (χ1n) is 13.7. The van der Waals surface area contributed by atoms with E-state index in [-0.39, 0.29) is 11.7 Å². The minimum Gasteiger partial charge on any atom is -0.493 e. The van der Waals surface area contributed by atoms with Crippen molar-refractivity contribution < 1.29 is 23.8 Å². The first-order chi connectivity index (χ1) is 19.6. The van der Waals surface area contributed by atoms with Gasteiger partial charge in [0.15, 0.2) is 0 Å². The highest BCUT2D eigenvalue weighted by molar-refractivity contribution is 6.02. The maximum atomic E-state index is 13.6. The number of carbonyl (C=O) groups is 1. The lowest BCUT2D eigenvalue weighted by atomic mass is 9.83. The molecule has 4 aromatic carbocycles. The van der Waals surface area contributed by atoms with Crippen molar-refractivity contribution in [1.29, 1.82) is 0 Å². The second-order valence-corrected chi connectivity index (χ2v) is 10.1. The van der Waals surface area contributed by atoms with E-state index in [9.17, 15) is 14.3 Å². The highest BCUT2D eigenvalue weighted by Gasteiger charge is 2.22. The Balaban J connectivity index is 1.32. The fourth-order valence-corrected chi connectivity index (χ4v) is 5.85. The number of aromatic nitrogens is 1. The van der Waals surface area contributed by atoms with Crippen molar-refractivity contribution in [1.82, 2.24) is 4.98 Å². The van der Waals surface area contributed by atoms with Gasteiger partial charge in [-0.15, -0.1) is 0 Å². The van der Waals surface area contributed by atoms with Crippen LogP contribution in [0.1, 0.15) is 48.8 Å². The Hall–Kier alpha value is -4.58. The number of nitrogens with one attached hydrogen (secondary N) is 1. The molecule has 6 heteroatoms. The summed E-state index contributed by atoms with van der Waals surface area (Å²) in [5.41, 5.74) is 6.15. The molecule has 0 saturated carbocycles. The molecular formula is C34H30FNO4. The molecule has 0 bridgehead atoms. The maximum absolute atomic E-state index is 13.6. The number of para-hydroxylation sites is 1. The van der Waals surface area contributed by atoms with Crippen LogP contribution in [0.2, 0.25) is 0 Å². The van der Waals surface area contributed by atoms with E-state index < -0.39 is 6.16 Å². The number of carboxylic acid groups (broad SMARTS) is 1. The zero-order valence-corrected chi connectivity index (χ0v) is 22.1. The first kappa shape index (κ1) is 25.7. The van der Waals surface area contributed by atoms with Gasteiger partial charge in [-0.1, -0.05) is 66.7 Å². The Morgan fingerprint density at radius 1 is 0.850 bits per heavy atom. The van der Waals surface area contributed by atoms with Gasteiger partial charge in [0, 0.05) is 21.9 Å². The van der Waals surface area contributed by atoms with Gasteiger partial charge in [-0.05, 0) is 78.8 Å². The SMILES string of the molecule is O=C(O)Oc1[nH]c2c(C3=C(c4ccc(F)cc4)CCCC3)cccc2c1CCCOc1cccc2ccccc12. The third-order valence-electron chi connectivity index (χ3n) is 7.66. The highest BCUT2D eigenvalue weighted by atomic mass is 19.1. The number of aryl methyl sites for hydroxylation is 1. The standard InChI is InChI=1S/C34H30FNO4/c35-24-19-17-23(18-20-24)25-10-3-4-12-27(25)28-13-6-14-29-30(33(36-32(28)29)40-34(37)38)15-7-21-39-31-16-5-9-22-8-1-2-11-26(22)31/h1-2,5-6,8-9,11,13-14,16-20,36H,3-4,7,10,12,15,21H2,(H,37,38). The molecule has 1 aliphatic carbocycles. The van der Waals surface area contributed by atoms with Crippen LogP contribution in [0.3, 0.4) is 0 Å². The zero-order chi connectivity index (χ0) is 27.5. The quantitative estimate of drug-likeness (QED) is 0.154. The lowest BCUT2D eigenvalue weighted by Crippen LogP contribution is -2.06. The second kappa shape index (κ2) is 11.3. The largest absolute Gasteiger partial charge is 0.512 e. The molecule has 0 atom stereocenters. The summed E-state index contributed by atoms with van der Waals surface area (Å²) in [7, 11) is 0. The van der Waals surface area contributed by atoms with E-state index in [0.717, 1.165) is 69.8 Å². The van der Waals surface area contributed by atoms with E-state index in [1.54, 1.807) is 0 Å². The van der Waals surface area contributed by atoms with Crippen molar-refractivity contribution in [3.63, 3.8) is 0 Å². The van der Waals surface area contributed by atoms with E-state index in [1.807, 2.05) is 54.6 Å². The van der Waals surface area contributed by atoms with E-state index >= 15 is 0 Å². The van der Waals surface area contributed by atoms with Crippen LogP contribution in [0.15, 0.2) is 84.9 Å². The van der Waals surface area contributed by atoms with Crippen LogP contribution in [-0.4, -0.2) is 22.9 Å². The van der Waals surface area contributed by atoms with Gasteiger partial charge in [-0.3, -0.25) is 0 Å². The van der Waals surface area contributed by atoms with E-state index in [0.29, 0.717) is 19.4 Å². The van der Waals surface area contributed by atoms with Crippen molar-refractivity contribution in [2.75, 3.05) is 6.61 Å². The molecule has 0 amide bonds. The normalized spacial score (nSPS) is 13.6.